The molecular weight excluding hydrogens is 204 g/mol. The first-order valence-electron chi connectivity index (χ1n) is 6.17. The number of carbonyl (C=O) groups is 1. The van der Waals surface area contributed by atoms with Gasteiger partial charge in [-0.2, -0.15) is 0 Å². The van der Waals surface area contributed by atoms with Gasteiger partial charge in [-0.15, -0.1) is 0 Å². The fourth-order valence-corrected chi connectivity index (χ4v) is 2.07. The average Bonchev–Trinajstić information content (AvgIpc) is 2.25. The Morgan fingerprint density at radius 2 is 2.06 bits per heavy atom. The molecule has 1 atom stereocenters. The Balaban J connectivity index is 2.38. The lowest BCUT2D eigenvalue weighted by Crippen LogP contribution is -2.46. The SMILES string of the molecule is CC(CCCN)C(=O)N1CCC(C)(O)CC1. The Bertz CT molecular complexity index is 231. The van der Waals surface area contributed by atoms with E-state index in [0.29, 0.717) is 32.5 Å². The fourth-order valence-electron chi connectivity index (χ4n) is 2.07. The van der Waals surface area contributed by atoms with Gasteiger partial charge >= 0.3 is 0 Å². The van der Waals surface area contributed by atoms with E-state index >= 15 is 0 Å². The minimum atomic E-state index is -0.586. The van der Waals surface area contributed by atoms with Crippen LogP contribution in [-0.4, -0.2) is 41.1 Å². The number of carbonyl (C=O) groups excluding carboxylic acids is 1. The van der Waals surface area contributed by atoms with Gasteiger partial charge in [-0.05, 0) is 39.2 Å². The second kappa shape index (κ2) is 5.64. The number of nitrogens with zero attached hydrogens (tertiary/aromatic N) is 1. The molecule has 0 spiro atoms. The second-order valence-corrected chi connectivity index (χ2v) is 5.15. The maximum absolute atomic E-state index is 12.0. The molecule has 0 aromatic rings. The lowest BCUT2D eigenvalue weighted by atomic mass is 9.92. The zero-order valence-electron chi connectivity index (χ0n) is 10.4. The molecule has 0 aromatic heterocycles. The highest BCUT2D eigenvalue weighted by Crippen LogP contribution is 2.22. The monoisotopic (exact) mass is 228 g/mol. The molecule has 0 saturated carbocycles. The molecule has 1 heterocycles. The lowest BCUT2D eigenvalue weighted by Gasteiger charge is -2.37. The summed E-state index contributed by atoms with van der Waals surface area (Å²) in [5.74, 6) is 0.274. The van der Waals surface area contributed by atoms with E-state index in [1.807, 2.05) is 18.7 Å². The van der Waals surface area contributed by atoms with Crippen molar-refractivity contribution in [3.8, 4) is 0 Å². The first-order chi connectivity index (χ1) is 7.46. The molecule has 1 amide bonds. The lowest BCUT2D eigenvalue weighted by molar-refractivity contribution is -0.138. The number of amides is 1. The molecule has 3 N–H and O–H groups in total. The van der Waals surface area contributed by atoms with E-state index in [-0.39, 0.29) is 11.8 Å². The van der Waals surface area contributed by atoms with Gasteiger partial charge in [0, 0.05) is 19.0 Å². The van der Waals surface area contributed by atoms with Crippen LogP contribution < -0.4 is 5.73 Å². The molecule has 1 unspecified atom stereocenters. The number of likely N-dealkylation sites (tertiary alicyclic amines) is 1. The predicted molar refractivity (Wildman–Crippen MR) is 63.9 cm³/mol. The van der Waals surface area contributed by atoms with Crippen LogP contribution in [0.25, 0.3) is 0 Å². The van der Waals surface area contributed by atoms with E-state index in [9.17, 15) is 9.90 Å². The number of hydrogen-bond acceptors (Lipinski definition) is 3. The van der Waals surface area contributed by atoms with E-state index in [0.717, 1.165) is 12.8 Å². The molecule has 1 saturated heterocycles. The molecule has 0 bridgehead atoms. The Kier molecular flexibility index (Phi) is 4.74. The third kappa shape index (κ3) is 3.76. The zero-order valence-corrected chi connectivity index (χ0v) is 10.4. The molecule has 4 heteroatoms. The minimum Gasteiger partial charge on any atom is -0.390 e. The first-order valence-corrected chi connectivity index (χ1v) is 6.17. The van der Waals surface area contributed by atoms with Gasteiger partial charge in [0.05, 0.1) is 5.60 Å². The Morgan fingerprint density at radius 1 is 1.50 bits per heavy atom. The molecule has 0 radical (unpaired) electrons. The number of hydrogen-bond donors (Lipinski definition) is 2. The quantitative estimate of drug-likeness (QED) is 0.745. The highest BCUT2D eigenvalue weighted by molar-refractivity contribution is 5.78. The predicted octanol–water partition coefficient (Wildman–Crippen LogP) is 0.735. The highest BCUT2D eigenvalue weighted by atomic mass is 16.3. The Morgan fingerprint density at radius 3 is 2.56 bits per heavy atom. The van der Waals surface area contributed by atoms with Crippen molar-refractivity contribution >= 4 is 5.91 Å². The van der Waals surface area contributed by atoms with Gasteiger partial charge in [-0.3, -0.25) is 4.79 Å². The fraction of sp³-hybridized carbons (Fsp3) is 0.917. The summed E-state index contributed by atoms with van der Waals surface area (Å²) in [5, 5.41) is 9.80. The number of nitrogens with two attached hydrogens (primary N) is 1. The summed E-state index contributed by atoms with van der Waals surface area (Å²) in [7, 11) is 0. The molecule has 1 aliphatic rings. The topological polar surface area (TPSA) is 66.6 Å². The van der Waals surface area contributed by atoms with Crippen LogP contribution in [0.3, 0.4) is 0 Å². The first kappa shape index (κ1) is 13.5. The van der Waals surface area contributed by atoms with Crippen molar-refractivity contribution in [3.05, 3.63) is 0 Å². The van der Waals surface area contributed by atoms with Crippen LogP contribution >= 0.6 is 0 Å². The smallest absolute Gasteiger partial charge is 0.225 e. The molecule has 94 valence electrons. The Hall–Kier alpha value is -0.610. The maximum atomic E-state index is 12.0. The van der Waals surface area contributed by atoms with E-state index in [1.165, 1.54) is 0 Å². The molecule has 1 aliphatic heterocycles. The summed E-state index contributed by atoms with van der Waals surface area (Å²) in [6.07, 6.45) is 3.13. The van der Waals surface area contributed by atoms with Crippen LogP contribution in [0.2, 0.25) is 0 Å². The largest absolute Gasteiger partial charge is 0.390 e. The van der Waals surface area contributed by atoms with Gasteiger partial charge in [0.1, 0.15) is 0 Å². The molecule has 1 fully saturated rings. The Labute approximate surface area is 97.8 Å². The van der Waals surface area contributed by atoms with Crippen molar-refractivity contribution in [1.29, 1.82) is 0 Å². The van der Waals surface area contributed by atoms with Crippen LogP contribution in [0.1, 0.15) is 39.5 Å². The average molecular weight is 228 g/mol. The molecule has 0 aliphatic carbocycles. The molecule has 16 heavy (non-hydrogen) atoms. The van der Waals surface area contributed by atoms with Crippen molar-refractivity contribution in [2.24, 2.45) is 11.7 Å². The van der Waals surface area contributed by atoms with E-state index in [2.05, 4.69) is 0 Å². The summed E-state index contributed by atoms with van der Waals surface area (Å²) in [6, 6.07) is 0. The summed E-state index contributed by atoms with van der Waals surface area (Å²) >= 11 is 0. The summed E-state index contributed by atoms with van der Waals surface area (Å²) in [5.41, 5.74) is 4.85. The highest BCUT2D eigenvalue weighted by Gasteiger charge is 2.30. The normalized spacial score (nSPS) is 21.9. The van der Waals surface area contributed by atoms with Crippen molar-refractivity contribution in [2.45, 2.75) is 45.1 Å². The van der Waals surface area contributed by atoms with Gasteiger partial charge in [0.2, 0.25) is 5.91 Å². The van der Waals surface area contributed by atoms with Gasteiger partial charge in [-0.1, -0.05) is 6.92 Å². The van der Waals surface area contributed by atoms with Crippen LogP contribution in [-0.2, 0) is 4.79 Å². The van der Waals surface area contributed by atoms with Crippen molar-refractivity contribution < 1.29 is 9.90 Å². The third-order valence-electron chi connectivity index (χ3n) is 3.42. The molecular formula is C12H24N2O2. The minimum absolute atomic E-state index is 0.0617. The standard InChI is InChI=1S/C12H24N2O2/c1-10(4-3-7-13)11(15)14-8-5-12(2,16)6-9-14/h10,16H,3-9,13H2,1-2H3. The van der Waals surface area contributed by atoms with E-state index in [1.54, 1.807) is 0 Å². The van der Waals surface area contributed by atoms with Gasteiger partial charge in [-0.25, -0.2) is 0 Å². The van der Waals surface area contributed by atoms with Crippen molar-refractivity contribution in [2.75, 3.05) is 19.6 Å². The van der Waals surface area contributed by atoms with E-state index in [4.69, 9.17) is 5.73 Å². The van der Waals surface area contributed by atoms with Crippen molar-refractivity contribution in [3.63, 3.8) is 0 Å². The second-order valence-electron chi connectivity index (χ2n) is 5.15. The van der Waals surface area contributed by atoms with Gasteiger partial charge < -0.3 is 15.7 Å². The summed E-state index contributed by atoms with van der Waals surface area (Å²) < 4.78 is 0. The van der Waals surface area contributed by atoms with Gasteiger partial charge in [0.25, 0.3) is 0 Å². The molecule has 0 aromatic carbocycles. The van der Waals surface area contributed by atoms with Crippen molar-refractivity contribution in [1.82, 2.24) is 4.90 Å². The number of aliphatic hydroxyl groups is 1. The number of piperidine rings is 1. The summed E-state index contributed by atoms with van der Waals surface area (Å²) in [6.45, 7) is 5.81. The van der Waals surface area contributed by atoms with Crippen LogP contribution in [0.5, 0.6) is 0 Å². The van der Waals surface area contributed by atoms with Crippen LogP contribution in [0, 0.1) is 5.92 Å². The molecule has 1 rings (SSSR count). The maximum Gasteiger partial charge on any atom is 0.225 e. The number of rotatable bonds is 4. The van der Waals surface area contributed by atoms with Gasteiger partial charge in [0.15, 0.2) is 0 Å². The third-order valence-corrected chi connectivity index (χ3v) is 3.42. The van der Waals surface area contributed by atoms with Crippen LogP contribution in [0.4, 0.5) is 0 Å². The summed E-state index contributed by atoms with van der Waals surface area (Å²) in [4.78, 5) is 13.9. The van der Waals surface area contributed by atoms with E-state index < -0.39 is 5.60 Å². The molecule has 4 nitrogen and oxygen atoms in total. The van der Waals surface area contributed by atoms with Crippen LogP contribution in [0.15, 0.2) is 0 Å². The zero-order chi connectivity index (χ0) is 12.2.